The van der Waals surface area contributed by atoms with Crippen LogP contribution in [0, 0.1) is 11.8 Å². The summed E-state index contributed by atoms with van der Waals surface area (Å²) in [4.78, 5) is 29.0. The number of piperidine rings is 2. The molecule has 4 aliphatic heterocycles. The monoisotopic (exact) mass is 361 g/mol. The Morgan fingerprint density at radius 3 is 2.77 bits per heavy atom. The lowest BCUT2D eigenvalue weighted by molar-refractivity contribution is -0.157. The summed E-state index contributed by atoms with van der Waals surface area (Å²) in [6.07, 6.45) is 7.83. The van der Waals surface area contributed by atoms with E-state index in [2.05, 4.69) is 5.32 Å². The molecule has 0 spiro atoms. The van der Waals surface area contributed by atoms with Crippen LogP contribution in [0.4, 0.5) is 4.39 Å². The zero-order chi connectivity index (χ0) is 18.0. The lowest BCUT2D eigenvalue weighted by Gasteiger charge is -2.44. The Hall–Kier alpha value is -1.89. The molecule has 7 heteroatoms. The van der Waals surface area contributed by atoms with Gasteiger partial charge in [0, 0.05) is 31.9 Å². The van der Waals surface area contributed by atoms with Crippen LogP contribution in [0.3, 0.4) is 0 Å². The van der Waals surface area contributed by atoms with Gasteiger partial charge in [-0.3, -0.25) is 9.59 Å². The van der Waals surface area contributed by atoms with Crippen LogP contribution in [0.15, 0.2) is 24.2 Å². The molecule has 3 saturated heterocycles. The van der Waals surface area contributed by atoms with Crippen molar-refractivity contribution in [2.24, 2.45) is 11.8 Å². The van der Waals surface area contributed by atoms with Crippen LogP contribution in [0.25, 0.3) is 0 Å². The highest BCUT2D eigenvalue weighted by atomic mass is 19.1. The number of allylic oxidation sites excluding steroid dienone is 2. The van der Waals surface area contributed by atoms with Gasteiger partial charge < -0.3 is 19.9 Å². The van der Waals surface area contributed by atoms with Crippen LogP contribution in [-0.4, -0.2) is 65.5 Å². The third-order valence-electron chi connectivity index (χ3n) is 6.47. The molecule has 5 rings (SSSR count). The number of likely N-dealkylation sites (tertiary alicyclic amines) is 1. The quantitative estimate of drug-likeness (QED) is 0.759. The molecule has 3 bridgehead atoms. The number of esters is 1. The fourth-order valence-electron chi connectivity index (χ4n) is 5.10. The zero-order valence-corrected chi connectivity index (χ0v) is 14.8. The molecule has 6 nitrogen and oxygen atoms in total. The summed E-state index contributed by atoms with van der Waals surface area (Å²) >= 11 is 0. The van der Waals surface area contributed by atoms with Crippen molar-refractivity contribution in [2.45, 2.75) is 56.0 Å². The van der Waals surface area contributed by atoms with E-state index in [1.54, 1.807) is 18.0 Å². The molecule has 26 heavy (non-hydrogen) atoms. The van der Waals surface area contributed by atoms with Gasteiger partial charge in [-0.2, -0.15) is 0 Å². The van der Waals surface area contributed by atoms with Gasteiger partial charge in [-0.1, -0.05) is 0 Å². The fraction of sp³-hybridized carbons (Fsp3) is 0.684. The van der Waals surface area contributed by atoms with E-state index in [1.807, 2.05) is 4.90 Å². The third kappa shape index (κ3) is 2.55. The van der Waals surface area contributed by atoms with E-state index in [0.717, 1.165) is 25.7 Å². The first-order valence-corrected chi connectivity index (χ1v) is 9.56. The van der Waals surface area contributed by atoms with Crippen molar-refractivity contribution >= 4 is 11.9 Å². The number of carbonyl (C=O) groups is 2. The van der Waals surface area contributed by atoms with Gasteiger partial charge in [0.1, 0.15) is 18.0 Å². The lowest BCUT2D eigenvalue weighted by atomic mass is 9.87. The molecule has 6 atom stereocenters. The largest absolute Gasteiger partial charge is 0.458 e. The Labute approximate surface area is 152 Å². The van der Waals surface area contributed by atoms with Crippen molar-refractivity contribution in [3.8, 4) is 0 Å². The summed E-state index contributed by atoms with van der Waals surface area (Å²) in [5.41, 5.74) is 0. The van der Waals surface area contributed by atoms with Crippen LogP contribution in [0.1, 0.15) is 25.7 Å². The number of carbonyl (C=O) groups excluding carboxylic acids is 2. The predicted molar refractivity (Wildman–Crippen MR) is 91.4 cm³/mol. The minimum absolute atomic E-state index is 0.0379. The van der Waals surface area contributed by atoms with E-state index in [-0.39, 0.29) is 47.9 Å². The maximum absolute atomic E-state index is 13.4. The molecule has 5 aliphatic rings. The number of fused-ring (bicyclic) bond motifs is 2. The van der Waals surface area contributed by atoms with Crippen LogP contribution in [-0.2, 0) is 14.3 Å². The molecule has 4 fully saturated rings. The smallest absolute Gasteiger partial charge is 0.309 e. The normalized spacial score (nSPS) is 40.6. The number of likely N-dealkylation sites (N-methyl/N-ethyl adjacent to an activating group) is 1. The average Bonchev–Trinajstić information content (AvgIpc) is 3.41. The molecule has 1 aliphatic carbocycles. The average molecular weight is 361 g/mol. The summed E-state index contributed by atoms with van der Waals surface area (Å²) in [7, 11) is 1.71. The van der Waals surface area contributed by atoms with E-state index in [9.17, 15) is 14.0 Å². The van der Waals surface area contributed by atoms with Crippen LogP contribution < -0.4 is 5.32 Å². The lowest BCUT2D eigenvalue weighted by Crippen LogP contribution is -2.60. The number of ether oxygens (including phenoxy) is 1. The summed E-state index contributed by atoms with van der Waals surface area (Å²) in [6.45, 7) is 0.694. The number of nitrogens with one attached hydrogen (secondary N) is 1. The molecule has 0 radical (unpaired) electrons. The number of hydrogen-bond donors (Lipinski definition) is 1. The number of halogens is 1. The van der Waals surface area contributed by atoms with Crippen molar-refractivity contribution in [3.63, 3.8) is 0 Å². The van der Waals surface area contributed by atoms with Crippen LogP contribution >= 0.6 is 0 Å². The van der Waals surface area contributed by atoms with Crippen molar-refractivity contribution in [1.29, 1.82) is 0 Å². The van der Waals surface area contributed by atoms with Gasteiger partial charge in [0.05, 0.1) is 12.0 Å². The number of amides is 1. The second-order valence-electron chi connectivity index (χ2n) is 8.36. The Bertz CT molecular complexity index is 704. The maximum atomic E-state index is 13.4. The minimum Gasteiger partial charge on any atom is -0.458 e. The molecule has 1 amide bonds. The fourth-order valence-corrected chi connectivity index (χ4v) is 5.10. The number of hydrogen-bond acceptors (Lipinski definition) is 5. The van der Waals surface area contributed by atoms with Gasteiger partial charge in [-0.25, -0.2) is 4.39 Å². The van der Waals surface area contributed by atoms with E-state index in [4.69, 9.17) is 4.74 Å². The topological polar surface area (TPSA) is 61.9 Å². The second kappa shape index (κ2) is 5.81. The second-order valence-corrected chi connectivity index (χ2v) is 8.36. The molecule has 4 heterocycles. The van der Waals surface area contributed by atoms with Crippen molar-refractivity contribution in [3.05, 3.63) is 24.2 Å². The Kier molecular flexibility index (Phi) is 3.64. The zero-order valence-electron chi connectivity index (χ0n) is 14.8. The third-order valence-corrected chi connectivity index (χ3v) is 6.47. The number of nitrogens with zero attached hydrogens (tertiary/aromatic N) is 2. The summed E-state index contributed by atoms with van der Waals surface area (Å²) in [5.74, 6) is -0.0171. The molecule has 0 aromatic carbocycles. The van der Waals surface area contributed by atoms with Crippen molar-refractivity contribution < 1.29 is 18.7 Å². The van der Waals surface area contributed by atoms with E-state index in [0.29, 0.717) is 12.5 Å². The molecule has 140 valence electrons. The van der Waals surface area contributed by atoms with E-state index < -0.39 is 6.04 Å². The Balaban J connectivity index is 1.39. The van der Waals surface area contributed by atoms with Crippen molar-refractivity contribution in [1.82, 2.24) is 15.1 Å². The highest BCUT2D eigenvalue weighted by Gasteiger charge is 2.57. The Morgan fingerprint density at radius 1 is 1.27 bits per heavy atom. The highest BCUT2D eigenvalue weighted by molar-refractivity contribution is 5.85. The van der Waals surface area contributed by atoms with Gasteiger partial charge in [0.25, 0.3) is 0 Å². The summed E-state index contributed by atoms with van der Waals surface area (Å²) < 4.78 is 19.3. The molecule has 0 aromatic heterocycles. The summed E-state index contributed by atoms with van der Waals surface area (Å²) in [6, 6.07) is -0.308. The van der Waals surface area contributed by atoms with Crippen LogP contribution in [0.2, 0.25) is 0 Å². The summed E-state index contributed by atoms with van der Waals surface area (Å²) in [5, 5.41) is 3.57. The van der Waals surface area contributed by atoms with Gasteiger partial charge in [0.2, 0.25) is 5.91 Å². The maximum Gasteiger partial charge on any atom is 0.309 e. The van der Waals surface area contributed by atoms with Gasteiger partial charge in [0.15, 0.2) is 0 Å². The Morgan fingerprint density at radius 2 is 2.04 bits per heavy atom. The first-order chi connectivity index (χ1) is 12.5. The molecule has 6 unspecified atom stereocenters. The SMILES string of the molecule is CN1C=C(F)C=CC1C(=O)N1CC2CC3NC(C2)C1C3OC(=O)C1CC1. The van der Waals surface area contributed by atoms with Gasteiger partial charge in [-0.05, 0) is 43.8 Å². The van der Waals surface area contributed by atoms with E-state index in [1.165, 1.54) is 12.3 Å². The first-order valence-electron chi connectivity index (χ1n) is 9.56. The van der Waals surface area contributed by atoms with Gasteiger partial charge in [-0.15, -0.1) is 0 Å². The van der Waals surface area contributed by atoms with Gasteiger partial charge >= 0.3 is 5.97 Å². The minimum atomic E-state index is -0.508. The standard InChI is InChI=1S/C19H24FN3O3/c1-22-9-12(20)4-5-15(22)18(24)23-8-10-6-13-16(23)17(14(7-10)21-13)26-19(25)11-2-3-11/h4-5,9-11,13-17,21H,2-3,6-8H2,1H3. The van der Waals surface area contributed by atoms with Crippen molar-refractivity contribution in [2.75, 3.05) is 13.6 Å². The molecular weight excluding hydrogens is 337 g/mol. The number of rotatable bonds is 3. The molecular formula is C19H24FN3O3. The highest BCUT2D eigenvalue weighted by Crippen LogP contribution is 2.42. The molecule has 1 saturated carbocycles. The molecule has 1 N–H and O–H groups in total. The molecule has 0 aromatic rings. The van der Waals surface area contributed by atoms with E-state index >= 15 is 0 Å². The first kappa shape index (κ1) is 16.3. The van der Waals surface area contributed by atoms with Crippen LogP contribution in [0.5, 0.6) is 0 Å². The predicted octanol–water partition coefficient (Wildman–Crippen LogP) is 0.950.